The van der Waals surface area contributed by atoms with Crippen molar-refractivity contribution in [3.8, 4) is 16.9 Å². The number of carbonyl (C=O) groups excluding carboxylic acids is 2. The number of alkyl halides is 3. The van der Waals surface area contributed by atoms with Crippen LogP contribution in [0.5, 0.6) is 5.75 Å². The number of ether oxygens (including phenoxy) is 1. The standard InChI is InChI=1S/C21H16F3N3O4/c22-21(23,24)17-15(9-16(19(26)29)20(30)27-17)12-4-6-14(7-5-12)31-10-11-2-1-3-13(8-11)18(25)28/h1-9H,10H2,(H2,25,28)(H2,26,29)(H,27,30). The summed E-state index contributed by atoms with van der Waals surface area (Å²) in [7, 11) is 0. The van der Waals surface area contributed by atoms with E-state index in [0.717, 1.165) is 6.07 Å². The lowest BCUT2D eigenvalue weighted by atomic mass is 10.0. The highest BCUT2D eigenvalue weighted by atomic mass is 19.4. The first-order valence-electron chi connectivity index (χ1n) is 8.82. The minimum absolute atomic E-state index is 0.0918. The van der Waals surface area contributed by atoms with Crippen LogP contribution in [0, 0.1) is 0 Å². The Hall–Kier alpha value is -4.08. The molecule has 0 aliphatic heterocycles. The average Bonchev–Trinajstić information content (AvgIpc) is 2.72. The highest BCUT2D eigenvalue weighted by Gasteiger charge is 2.36. The summed E-state index contributed by atoms with van der Waals surface area (Å²) in [4.78, 5) is 36.0. The van der Waals surface area contributed by atoms with Crippen molar-refractivity contribution in [3.05, 3.63) is 87.3 Å². The Morgan fingerprint density at radius 2 is 1.65 bits per heavy atom. The predicted molar refractivity (Wildman–Crippen MR) is 105 cm³/mol. The number of aromatic amines is 1. The molecule has 0 saturated carbocycles. The molecule has 0 spiro atoms. The number of aromatic nitrogens is 1. The molecule has 0 saturated heterocycles. The van der Waals surface area contributed by atoms with Gasteiger partial charge in [0.2, 0.25) is 5.91 Å². The van der Waals surface area contributed by atoms with Gasteiger partial charge in [0.15, 0.2) is 0 Å². The second-order valence-electron chi connectivity index (χ2n) is 6.54. The molecule has 1 aromatic heterocycles. The summed E-state index contributed by atoms with van der Waals surface area (Å²) in [5, 5.41) is 0. The van der Waals surface area contributed by atoms with E-state index in [4.69, 9.17) is 16.2 Å². The van der Waals surface area contributed by atoms with Gasteiger partial charge < -0.3 is 21.2 Å². The Morgan fingerprint density at radius 1 is 0.968 bits per heavy atom. The number of halogens is 3. The van der Waals surface area contributed by atoms with Crippen LogP contribution in [0.4, 0.5) is 13.2 Å². The van der Waals surface area contributed by atoms with E-state index in [9.17, 15) is 27.6 Å². The number of rotatable bonds is 6. The number of amides is 2. The van der Waals surface area contributed by atoms with Crippen molar-refractivity contribution in [1.82, 2.24) is 4.98 Å². The van der Waals surface area contributed by atoms with E-state index < -0.39 is 40.4 Å². The third-order valence-corrected chi connectivity index (χ3v) is 4.37. The van der Waals surface area contributed by atoms with Crippen LogP contribution in [0.3, 0.4) is 0 Å². The van der Waals surface area contributed by atoms with Gasteiger partial charge in [-0.25, -0.2) is 0 Å². The molecule has 160 valence electrons. The summed E-state index contributed by atoms with van der Waals surface area (Å²) in [5.41, 5.74) is 7.90. The maximum atomic E-state index is 13.4. The molecule has 0 aliphatic rings. The summed E-state index contributed by atoms with van der Waals surface area (Å²) in [6.45, 7) is 0.0960. The highest BCUT2D eigenvalue weighted by molar-refractivity contribution is 5.94. The van der Waals surface area contributed by atoms with Gasteiger partial charge in [0, 0.05) is 11.1 Å². The number of pyridine rings is 1. The molecule has 31 heavy (non-hydrogen) atoms. The molecular formula is C21H16F3N3O4. The lowest BCUT2D eigenvalue weighted by Gasteiger charge is -2.14. The largest absolute Gasteiger partial charge is 0.489 e. The van der Waals surface area contributed by atoms with E-state index in [2.05, 4.69) is 0 Å². The molecule has 0 aliphatic carbocycles. The van der Waals surface area contributed by atoms with E-state index >= 15 is 0 Å². The summed E-state index contributed by atoms with van der Waals surface area (Å²) >= 11 is 0. The topological polar surface area (TPSA) is 128 Å². The molecule has 0 unspecified atom stereocenters. The third kappa shape index (κ3) is 4.92. The van der Waals surface area contributed by atoms with Crippen molar-refractivity contribution >= 4 is 11.8 Å². The zero-order valence-corrected chi connectivity index (χ0v) is 15.8. The normalized spacial score (nSPS) is 11.2. The zero-order chi connectivity index (χ0) is 22.8. The fraction of sp³-hybridized carbons (Fsp3) is 0.0952. The Balaban J connectivity index is 1.88. The van der Waals surface area contributed by atoms with Crippen molar-refractivity contribution in [1.29, 1.82) is 0 Å². The van der Waals surface area contributed by atoms with Crippen molar-refractivity contribution in [2.75, 3.05) is 0 Å². The van der Waals surface area contributed by atoms with Crippen LogP contribution < -0.4 is 21.8 Å². The Bertz CT molecular complexity index is 1200. The van der Waals surface area contributed by atoms with Crippen LogP contribution >= 0.6 is 0 Å². The van der Waals surface area contributed by atoms with Gasteiger partial charge in [-0.15, -0.1) is 0 Å². The SMILES string of the molecule is NC(=O)c1cccc(COc2ccc(-c3cc(C(N)=O)c(=O)[nH]c3C(F)(F)F)cc2)c1. The Labute approximate surface area is 173 Å². The number of primary amides is 2. The number of hydrogen-bond donors (Lipinski definition) is 3. The summed E-state index contributed by atoms with van der Waals surface area (Å²) in [6.07, 6.45) is -4.86. The molecule has 7 nitrogen and oxygen atoms in total. The van der Waals surface area contributed by atoms with Gasteiger partial charge in [-0.3, -0.25) is 14.4 Å². The van der Waals surface area contributed by atoms with Crippen LogP contribution in [0.25, 0.3) is 11.1 Å². The molecular weight excluding hydrogens is 415 g/mol. The first-order valence-corrected chi connectivity index (χ1v) is 8.82. The van der Waals surface area contributed by atoms with Crippen molar-refractivity contribution in [2.45, 2.75) is 12.8 Å². The minimum atomic E-state index is -4.86. The number of hydrogen-bond acceptors (Lipinski definition) is 4. The molecule has 10 heteroatoms. The van der Waals surface area contributed by atoms with E-state index in [1.807, 2.05) is 0 Å². The number of H-pyrrole nitrogens is 1. The van der Waals surface area contributed by atoms with Gasteiger partial charge in [-0.2, -0.15) is 13.2 Å². The van der Waals surface area contributed by atoms with Gasteiger partial charge >= 0.3 is 6.18 Å². The molecule has 0 fully saturated rings. The lowest BCUT2D eigenvalue weighted by Crippen LogP contribution is -2.27. The van der Waals surface area contributed by atoms with Gasteiger partial charge in [0.05, 0.1) is 0 Å². The fourth-order valence-electron chi connectivity index (χ4n) is 2.88. The smallest absolute Gasteiger partial charge is 0.431 e. The molecule has 5 N–H and O–H groups in total. The molecule has 2 amide bonds. The molecule has 0 bridgehead atoms. The maximum Gasteiger partial charge on any atom is 0.431 e. The van der Waals surface area contributed by atoms with Crippen LogP contribution in [-0.4, -0.2) is 16.8 Å². The highest BCUT2D eigenvalue weighted by Crippen LogP contribution is 2.35. The summed E-state index contributed by atoms with van der Waals surface area (Å²) in [5.74, 6) is -1.38. The number of nitrogens with one attached hydrogen (secondary N) is 1. The Morgan fingerprint density at radius 3 is 2.23 bits per heavy atom. The van der Waals surface area contributed by atoms with E-state index in [0.29, 0.717) is 16.9 Å². The molecule has 3 aromatic rings. The van der Waals surface area contributed by atoms with E-state index in [1.54, 1.807) is 29.2 Å². The van der Waals surface area contributed by atoms with Crippen molar-refractivity contribution in [3.63, 3.8) is 0 Å². The number of carbonyl (C=O) groups is 2. The average molecular weight is 431 g/mol. The van der Waals surface area contributed by atoms with Gasteiger partial charge in [0.1, 0.15) is 23.6 Å². The summed E-state index contributed by atoms with van der Waals surface area (Å²) < 4.78 is 45.7. The fourth-order valence-corrected chi connectivity index (χ4v) is 2.88. The molecule has 2 aromatic carbocycles. The first kappa shape index (κ1) is 21.6. The molecule has 1 heterocycles. The number of benzene rings is 2. The van der Waals surface area contributed by atoms with Crippen LogP contribution in [0.2, 0.25) is 0 Å². The third-order valence-electron chi connectivity index (χ3n) is 4.37. The maximum absolute atomic E-state index is 13.4. The van der Waals surface area contributed by atoms with Crippen molar-refractivity contribution < 1.29 is 27.5 Å². The predicted octanol–water partition coefficient (Wildman–Crippen LogP) is 2.84. The monoisotopic (exact) mass is 431 g/mol. The van der Waals surface area contributed by atoms with Crippen LogP contribution in [0.15, 0.2) is 59.4 Å². The van der Waals surface area contributed by atoms with Gasteiger partial charge in [-0.1, -0.05) is 24.3 Å². The van der Waals surface area contributed by atoms with E-state index in [1.165, 1.54) is 24.3 Å². The molecule has 0 atom stereocenters. The van der Waals surface area contributed by atoms with Gasteiger partial charge in [0.25, 0.3) is 11.5 Å². The second kappa shape index (κ2) is 8.34. The van der Waals surface area contributed by atoms with E-state index in [-0.39, 0.29) is 12.2 Å². The second-order valence-corrected chi connectivity index (χ2v) is 6.54. The molecule has 0 radical (unpaired) electrons. The van der Waals surface area contributed by atoms with Crippen molar-refractivity contribution in [2.24, 2.45) is 11.5 Å². The van der Waals surface area contributed by atoms with Crippen LogP contribution in [-0.2, 0) is 12.8 Å². The Kier molecular flexibility index (Phi) is 5.82. The zero-order valence-electron chi connectivity index (χ0n) is 15.8. The van der Waals surface area contributed by atoms with Crippen LogP contribution in [0.1, 0.15) is 32.0 Å². The number of nitrogens with two attached hydrogens (primary N) is 2. The lowest BCUT2D eigenvalue weighted by molar-refractivity contribution is -0.140. The minimum Gasteiger partial charge on any atom is -0.489 e. The summed E-state index contributed by atoms with van der Waals surface area (Å²) in [6, 6.07) is 12.9. The van der Waals surface area contributed by atoms with Gasteiger partial charge in [-0.05, 0) is 41.5 Å². The molecule has 3 rings (SSSR count). The quantitative estimate of drug-likeness (QED) is 0.554. The first-order chi connectivity index (χ1) is 14.6.